The van der Waals surface area contributed by atoms with E-state index in [1.807, 2.05) is 0 Å². The smallest absolute Gasteiger partial charge is 0.337 e. The Bertz CT molecular complexity index is 779. The lowest BCUT2D eigenvalue weighted by Gasteiger charge is -2.10. The van der Waals surface area contributed by atoms with E-state index >= 15 is 0 Å². The summed E-state index contributed by atoms with van der Waals surface area (Å²) in [6.07, 6.45) is 0. The zero-order chi connectivity index (χ0) is 17.0. The summed E-state index contributed by atoms with van der Waals surface area (Å²) in [5.74, 6) is -1.52. The Morgan fingerprint density at radius 3 is 2.26 bits per heavy atom. The Balaban J connectivity index is 2.02. The van der Waals surface area contributed by atoms with Crippen LogP contribution in [0.5, 0.6) is 0 Å². The van der Waals surface area contributed by atoms with Gasteiger partial charge in [-0.1, -0.05) is 23.2 Å². The number of carboxylic acid groups (broad SMARTS) is 1. The summed E-state index contributed by atoms with van der Waals surface area (Å²) >= 11 is 16.7. The summed E-state index contributed by atoms with van der Waals surface area (Å²) in [6, 6.07) is 10.6. The molecule has 0 aliphatic heterocycles. The number of hydrogen-bond acceptors (Lipinski definition) is 3. The highest BCUT2D eigenvalue weighted by atomic mass is 35.5. The SMILES string of the molecule is O=C(NC(=S)Nc1ccc(C(=O)O)c(Cl)c1)c1ccc(Cl)cc1. The standard InChI is InChI=1S/C15H10Cl2N2O3S/c16-9-3-1-8(2-4-9)13(20)19-15(23)18-10-5-6-11(14(21)22)12(17)7-10/h1-7H,(H,21,22)(H2,18,19,20,23). The van der Waals surface area contributed by atoms with Crippen LogP contribution in [0.2, 0.25) is 10.0 Å². The highest BCUT2D eigenvalue weighted by Crippen LogP contribution is 2.21. The Hall–Kier alpha value is -2.15. The van der Waals surface area contributed by atoms with E-state index in [9.17, 15) is 9.59 Å². The van der Waals surface area contributed by atoms with Crippen LogP contribution in [-0.2, 0) is 0 Å². The Morgan fingerprint density at radius 2 is 1.70 bits per heavy atom. The molecule has 0 bridgehead atoms. The van der Waals surface area contributed by atoms with Crippen molar-refractivity contribution in [3.63, 3.8) is 0 Å². The number of hydrogen-bond donors (Lipinski definition) is 3. The second-order valence-electron chi connectivity index (χ2n) is 4.41. The summed E-state index contributed by atoms with van der Waals surface area (Å²) < 4.78 is 0. The molecule has 2 aromatic carbocycles. The molecule has 0 saturated heterocycles. The van der Waals surface area contributed by atoms with Crippen molar-refractivity contribution in [2.45, 2.75) is 0 Å². The number of aromatic carboxylic acids is 1. The number of carbonyl (C=O) groups excluding carboxylic acids is 1. The maximum absolute atomic E-state index is 12.0. The minimum atomic E-state index is -1.12. The average Bonchev–Trinajstić information content (AvgIpc) is 2.47. The Kier molecular flexibility index (Phi) is 5.54. The lowest BCUT2D eigenvalue weighted by molar-refractivity contribution is 0.0697. The summed E-state index contributed by atoms with van der Waals surface area (Å²) in [6.45, 7) is 0. The first-order valence-corrected chi connectivity index (χ1v) is 7.44. The molecular weight excluding hydrogens is 359 g/mol. The monoisotopic (exact) mass is 368 g/mol. The van der Waals surface area contributed by atoms with Crippen molar-refractivity contribution in [1.29, 1.82) is 0 Å². The molecule has 0 aliphatic rings. The van der Waals surface area contributed by atoms with E-state index < -0.39 is 11.9 Å². The predicted molar refractivity (Wildman–Crippen MR) is 93.6 cm³/mol. The van der Waals surface area contributed by atoms with Gasteiger partial charge in [0.05, 0.1) is 10.6 Å². The maximum atomic E-state index is 12.0. The van der Waals surface area contributed by atoms with Crippen LogP contribution in [-0.4, -0.2) is 22.1 Å². The number of carbonyl (C=O) groups is 2. The van der Waals surface area contributed by atoms with Crippen molar-refractivity contribution in [1.82, 2.24) is 5.32 Å². The van der Waals surface area contributed by atoms with E-state index in [0.717, 1.165) is 0 Å². The minimum Gasteiger partial charge on any atom is -0.478 e. The van der Waals surface area contributed by atoms with Crippen molar-refractivity contribution in [2.24, 2.45) is 0 Å². The first-order chi connectivity index (χ1) is 10.9. The zero-order valence-electron chi connectivity index (χ0n) is 11.5. The largest absolute Gasteiger partial charge is 0.478 e. The molecule has 0 heterocycles. The molecule has 3 N–H and O–H groups in total. The fourth-order valence-corrected chi connectivity index (χ4v) is 2.30. The molecule has 2 rings (SSSR count). The van der Waals surface area contributed by atoms with Gasteiger partial charge in [0, 0.05) is 16.3 Å². The van der Waals surface area contributed by atoms with Crippen LogP contribution in [0.3, 0.4) is 0 Å². The van der Waals surface area contributed by atoms with Crippen molar-refractivity contribution in [3.8, 4) is 0 Å². The average molecular weight is 369 g/mol. The number of benzene rings is 2. The van der Waals surface area contributed by atoms with Crippen molar-refractivity contribution < 1.29 is 14.7 Å². The molecule has 8 heteroatoms. The van der Waals surface area contributed by atoms with E-state index in [2.05, 4.69) is 10.6 Å². The number of anilines is 1. The summed E-state index contributed by atoms with van der Waals surface area (Å²) in [5, 5.41) is 14.8. The zero-order valence-corrected chi connectivity index (χ0v) is 13.8. The fourth-order valence-electron chi connectivity index (χ4n) is 1.71. The van der Waals surface area contributed by atoms with Gasteiger partial charge in [-0.25, -0.2) is 4.79 Å². The van der Waals surface area contributed by atoms with Gasteiger partial charge in [0.1, 0.15) is 0 Å². The lowest BCUT2D eigenvalue weighted by atomic mass is 10.2. The Morgan fingerprint density at radius 1 is 1.04 bits per heavy atom. The molecule has 118 valence electrons. The van der Waals surface area contributed by atoms with Crippen LogP contribution in [0.4, 0.5) is 5.69 Å². The van der Waals surface area contributed by atoms with Crippen molar-refractivity contribution >= 4 is 58.1 Å². The molecule has 0 aliphatic carbocycles. The minimum absolute atomic E-state index is 0.0201. The van der Waals surface area contributed by atoms with Crippen LogP contribution >= 0.6 is 35.4 Å². The summed E-state index contributed by atoms with van der Waals surface area (Å²) in [4.78, 5) is 22.9. The summed E-state index contributed by atoms with van der Waals surface area (Å²) in [7, 11) is 0. The second kappa shape index (κ2) is 7.41. The number of nitrogens with one attached hydrogen (secondary N) is 2. The third kappa shape index (κ3) is 4.66. The molecule has 0 unspecified atom stereocenters. The van der Waals surface area contributed by atoms with Crippen LogP contribution in [0.25, 0.3) is 0 Å². The van der Waals surface area contributed by atoms with Gasteiger partial charge in [-0.3, -0.25) is 10.1 Å². The van der Waals surface area contributed by atoms with Crippen LogP contribution in [0.1, 0.15) is 20.7 Å². The van der Waals surface area contributed by atoms with Gasteiger partial charge in [0.25, 0.3) is 5.91 Å². The van der Waals surface area contributed by atoms with Gasteiger partial charge in [-0.05, 0) is 54.7 Å². The molecule has 0 fully saturated rings. The molecule has 5 nitrogen and oxygen atoms in total. The van der Waals surface area contributed by atoms with Gasteiger partial charge in [-0.15, -0.1) is 0 Å². The number of amides is 1. The molecule has 0 aromatic heterocycles. The maximum Gasteiger partial charge on any atom is 0.337 e. The second-order valence-corrected chi connectivity index (χ2v) is 5.67. The first kappa shape index (κ1) is 17.2. The molecule has 1 amide bonds. The van der Waals surface area contributed by atoms with Crippen LogP contribution in [0.15, 0.2) is 42.5 Å². The molecule has 0 saturated carbocycles. The van der Waals surface area contributed by atoms with Gasteiger partial charge in [0.15, 0.2) is 5.11 Å². The number of carboxylic acids is 1. The van der Waals surface area contributed by atoms with Crippen LogP contribution in [0, 0.1) is 0 Å². The molecule has 0 radical (unpaired) electrons. The van der Waals surface area contributed by atoms with Gasteiger partial charge in [0.2, 0.25) is 0 Å². The van der Waals surface area contributed by atoms with Crippen LogP contribution < -0.4 is 10.6 Å². The molecule has 0 spiro atoms. The first-order valence-electron chi connectivity index (χ1n) is 6.27. The quantitative estimate of drug-likeness (QED) is 0.717. The topological polar surface area (TPSA) is 78.4 Å². The molecular formula is C15H10Cl2N2O3S. The number of thiocarbonyl (C=S) groups is 1. The summed E-state index contributed by atoms with van der Waals surface area (Å²) in [5.41, 5.74) is 0.840. The molecule has 23 heavy (non-hydrogen) atoms. The fraction of sp³-hybridized carbons (Fsp3) is 0. The lowest BCUT2D eigenvalue weighted by Crippen LogP contribution is -2.34. The number of rotatable bonds is 3. The normalized spacial score (nSPS) is 10.0. The van der Waals surface area contributed by atoms with E-state index in [4.69, 9.17) is 40.5 Å². The highest BCUT2D eigenvalue weighted by molar-refractivity contribution is 7.80. The third-order valence-electron chi connectivity index (χ3n) is 2.79. The van der Waals surface area contributed by atoms with Crippen molar-refractivity contribution in [2.75, 3.05) is 5.32 Å². The van der Waals surface area contributed by atoms with Crippen molar-refractivity contribution in [3.05, 3.63) is 63.6 Å². The Labute approximate surface area is 147 Å². The van der Waals surface area contributed by atoms with E-state index in [1.165, 1.54) is 18.2 Å². The van der Waals surface area contributed by atoms with E-state index in [0.29, 0.717) is 16.3 Å². The predicted octanol–water partition coefficient (Wildman–Crippen LogP) is 3.82. The molecule has 0 atom stereocenters. The van der Waals surface area contributed by atoms with Gasteiger partial charge >= 0.3 is 5.97 Å². The van der Waals surface area contributed by atoms with Gasteiger partial charge in [-0.2, -0.15) is 0 Å². The van der Waals surface area contributed by atoms with E-state index in [-0.39, 0.29) is 15.7 Å². The highest BCUT2D eigenvalue weighted by Gasteiger charge is 2.11. The third-order valence-corrected chi connectivity index (χ3v) is 3.56. The van der Waals surface area contributed by atoms with Gasteiger partial charge < -0.3 is 10.4 Å². The van der Waals surface area contributed by atoms with E-state index in [1.54, 1.807) is 24.3 Å². The number of halogens is 2. The molecule has 2 aromatic rings.